The summed E-state index contributed by atoms with van der Waals surface area (Å²) in [6.07, 6.45) is 0.751. The van der Waals surface area contributed by atoms with Gasteiger partial charge in [-0.3, -0.25) is 9.59 Å². The van der Waals surface area contributed by atoms with Crippen LogP contribution in [0.15, 0.2) is 24.3 Å². The van der Waals surface area contributed by atoms with Crippen molar-refractivity contribution in [2.75, 3.05) is 33.3 Å². The number of ether oxygens (including phenoxy) is 1. The van der Waals surface area contributed by atoms with Crippen molar-refractivity contribution in [2.45, 2.75) is 20.3 Å². The Bertz CT molecular complexity index is 793. The van der Waals surface area contributed by atoms with E-state index in [1.807, 2.05) is 18.7 Å². The molecular weight excluding hydrogens is 350 g/mol. The van der Waals surface area contributed by atoms with Gasteiger partial charge in [-0.1, -0.05) is 6.92 Å². The molecule has 0 radical (unpaired) electrons. The number of benzene rings is 1. The van der Waals surface area contributed by atoms with Crippen molar-refractivity contribution in [3.8, 4) is 5.75 Å². The predicted octanol–water partition coefficient (Wildman–Crippen LogP) is 2.62. The van der Waals surface area contributed by atoms with Gasteiger partial charge < -0.3 is 14.5 Å². The first-order valence-electron chi connectivity index (χ1n) is 8.72. The number of aryl methyl sites for hydroxylation is 2. The molecule has 0 unspecified atom stereocenters. The fourth-order valence-corrected chi connectivity index (χ4v) is 4.02. The highest BCUT2D eigenvalue weighted by molar-refractivity contribution is 7.13. The first-order chi connectivity index (χ1) is 12.5. The van der Waals surface area contributed by atoms with E-state index < -0.39 is 0 Å². The summed E-state index contributed by atoms with van der Waals surface area (Å²) < 4.78 is 5.12. The SMILES string of the molecule is CCc1nc(C)sc1C(=O)N1CCN(C(=O)c2ccc(OC)cc2)CC1. The summed E-state index contributed by atoms with van der Waals surface area (Å²) in [6, 6.07) is 7.11. The zero-order valence-corrected chi connectivity index (χ0v) is 16.1. The number of thiazole rings is 1. The first kappa shape index (κ1) is 18.4. The van der Waals surface area contributed by atoms with Crippen molar-refractivity contribution in [2.24, 2.45) is 0 Å². The van der Waals surface area contributed by atoms with Crippen LogP contribution >= 0.6 is 11.3 Å². The Morgan fingerprint density at radius 2 is 1.65 bits per heavy atom. The van der Waals surface area contributed by atoms with Crippen LogP contribution in [-0.4, -0.2) is 59.9 Å². The number of piperazine rings is 1. The second-order valence-corrected chi connectivity index (χ2v) is 7.38. The van der Waals surface area contributed by atoms with E-state index in [4.69, 9.17) is 4.74 Å². The third kappa shape index (κ3) is 3.72. The Labute approximate surface area is 157 Å². The Kier molecular flexibility index (Phi) is 5.56. The van der Waals surface area contributed by atoms with Crippen LogP contribution in [0.5, 0.6) is 5.75 Å². The second kappa shape index (κ2) is 7.86. The molecule has 1 saturated heterocycles. The van der Waals surface area contributed by atoms with E-state index in [1.54, 1.807) is 36.3 Å². The third-order valence-corrected chi connectivity index (χ3v) is 5.53. The van der Waals surface area contributed by atoms with E-state index in [0.29, 0.717) is 31.7 Å². The molecule has 1 aromatic heterocycles. The lowest BCUT2D eigenvalue weighted by atomic mass is 10.1. The molecule has 0 atom stereocenters. The summed E-state index contributed by atoms with van der Waals surface area (Å²) in [5.41, 5.74) is 1.51. The van der Waals surface area contributed by atoms with Crippen LogP contribution in [0.1, 0.15) is 37.7 Å². The molecular formula is C19H23N3O3S. The van der Waals surface area contributed by atoms with E-state index in [0.717, 1.165) is 27.7 Å². The number of hydrogen-bond acceptors (Lipinski definition) is 5. The lowest BCUT2D eigenvalue weighted by Gasteiger charge is -2.34. The number of carbonyl (C=O) groups excluding carboxylic acids is 2. The molecule has 138 valence electrons. The van der Waals surface area contributed by atoms with Gasteiger partial charge in [0.1, 0.15) is 10.6 Å². The van der Waals surface area contributed by atoms with Gasteiger partial charge in [0.05, 0.1) is 17.8 Å². The van der Waals surface area contributed by atoms with Crippen LogP contribution in [0.2, 0.25) is 0 Å². The molecule has 1 fully saturated rings. The van der Waals surface area contributed by atoms with Gasteiger partial charge in [-0.05, 0) is 37.6 Å². The zero-order chi connectivity index (χ0) is 18.7. The van der Waals surface area contributed by atoms with Crippen molar-refractivity contribution in [1.82, 2.24) is 14.8 Å². The van der Waals surface area contributed by atoms with Gasteiger partial charge in [-0.15, -0.1) is 11.3 Å². The number of nitrogens with zero attached hydrogens (tertiary/aromatic N) is 3. The Hall–Kier alpha value is -2.41. The molecule has 0 spiro atoms. The van der Waals surface area contributed by atoms with Crippen molar-refractivity contribution < 1.29 is 14.3 Å². The van der Waals surface area contributed by atoms with E-state index in [-0.39, 0.29) is 11.8 Å². The molecule has 0 aliphatic carbocycles. The number of amides is 2. The van der Waals surface area contributed by atoms with E-state index >= 15 is 0 Å². The Balaban J connectivity index is 1.63. The maximum absolute atomic E-state index is 12.8. The van der Waals surface area contributed by atoms with Crippen LogP contribution < -0.4 is 4.74 Å². The highest BCUT2D eigenvalue weighted by Gasteiger charge is 2.27. The van der Waals surface area contributed by atoms with Gasteiger partial charge in [0.2, 0.25) is 0 Å². The lowest BCUT2D eigenvalue weighted by Crippen LogP contribution is -2.50. The van der Waals surface area contributed by atoms with Gasteiger partial charge in [0.25, 0.3) is 11.8 Å². The molecule has 2 heterocycles. The van der Waals surface area contributed by atoms with Gasteiger partial charge in [-0.2, -0.15) is 0 Å². The van der Waals surface area contributed by atoms with Crippen molar-refractivity contribution in [3.63, 3.8) is 0 Å². The van der Waals surface area contributed by atoms with Crippen LogP contribution in [0.3, 0.4) is 0 Å². The standard InChI is InChI=1S/C19H23N3O3S/c1-4-16-17(26-13(2)20-16)19(24)22-11-9-21(10-12-22)18(23)14-5-7-15(25-3)8-6-14/h5-8H,4,9-12H2,1-3H3. The van der Waals surface area contributed by atoms with Crippen molar-refractivity contribution in [1.29, 1.82) is 0 Å². The van der Waals surface area contributed by atoms with E-state index in [1.165, 1.54) is 11.3 Å². The summed E-state index contributed by atoms with van der Waals surface area (Å²) in [4.78, 5) is 34.2. The van der Waals surface area contributed by atoms with Crippen LogP contribution in [0, 0.1) is 6.92 Å². The molecule has 0 saturated carbocycles. The van der Waals surface area contributed by atoms with Gasteiger partial charge in [-0.25, -0.2) is 4.98 Å². The molecule has 1 aromatic carbocycles. The average Bonchev–Trinajstić information content (AvgIpc) is 3.08. The molecule has 0 N–H and O–H groups in total. The molecule has 2 aromatic rings. The normalized spacial score (nSPS) is 14.4. The number of rotatable bonds is 4. The number of aromatic nitrogens is 1. The minimum absolute atomic E-state index is 0.0115. The van der Waals surface area contributed by atoms with Gasteiger partial charge in [0, 0.05) is 31.7 Å². The molecule has 1 aliphatic heterocycles. The molecule has 6 nitrogen and oxygen atoms in total. The summed E-state index contributed by atoms with van der Waals surface area (Å²) in [6.45, 7) is 6.09. The first-order valence-corrected chi connectivity index (χ1v) is 9.54. The maximum atomic E-state index is 12.8. The van der Waals surface area contributed by atoms with Gasteiger partial charge in [0.15, 0.2) is 0 Å². The average molecular weight is 373 g/mol. The van der Waals surface area contributed by atoms with Gasteiger partial charge >= 0.3 is 0 Å². The van der Waals surface area contributed by atoms with Crippen LogP contribution in [-0.2, 0) is 6.42 Å². The summed E-state index contributed by atoms with van der Waals surface area (Å²) in [5.74, 6) is 0.746. The third-order valence-electron chi connectivity index (χ3n) is 4.52. The van der Waals surface area contributed by atoms with Crippen LogP contribution in [0.4, 0.5) is 0 Å². The number of carbonyl (C=O) groups is 2. The lowest BCUT2D eigenvalue weighted by molar-refractivity contribution is 0.0537. The predicted molar refractivity (Wildman–Crippen MR) is 101 cm³/mol. The fraction of sp³-hybridized carbons (Fsp3) is 0.421. The monoisotopic (exact) mass is 373 g/mol. The quantitative estimate of drug-likeness (QED) is 0.826. The van der Waals surface area contributed by atoms with Crippen molar-refractivity contribution >= 4 is 23.2 Å². The minimum Gasteiger partial charge on any atom is -0.497 e. The fourth-order valence-electron chi connectivity index (χ4n) is 3.05. The molecule has 2 amide bonds. The number of methoxy groups -OCH3 is 1. The zero-order valence-electron chi connectivity index (χ0n) is 15.3. The highest BCUT2D eigenvalue weighted by Crippen LogP contribution is 2.22. The largest absolute Gasteiger partial charge is 0.497 e. The Morgan fingerprint density at radius 3 is 2.19 bits per heavy atom. The Morgan fingerprint density at radius 1 is 1.08 bits per heavy atom. The highest BCUT2D eigenvalue weighted by atomic mass is 32.1. The maximum Gasteiger partial charge on any atom is 0.265 e. The summed E-state index contributed by atoms with van der Waals surface area (Å²) >= 11 is 1.45. The smallest absolute Gasteiger partial charge is 0.265 e. The molecule has 7 heteroatoms. The minimum atomic E-state index is -0.0115. The second-order valence-electron chi connectivity index (χ2n) is 6.18. The summed E-state index contributed by atoms with van der Waals surface area (Å²) in [7, 11) is 1.60. The molecule has 3 rings (SSSR count). The molecule has 1 aliphatic rings. The summed E-state index contributed by atoms with van der Waals surface area (Å²) in [5, 5.41) is 0.915. The molecule has 0 bridgehead atoms. The van der Waals surface area contributed by atoms with E-state index in [2.05, 4.69) is 4.98 Å². The van der Waals surface area contributed by atoms with E-state index in [9.17, 15) is 9.59 Å². The molecule has 26 heavy (non-hydrogen) atoms. The van der Waals surface area contributed by atoms with Crippen LogP contribution in [0.25, 0.3) is 0 Å². The topological polar surface area (TPSA) is 62.7 Å². The van der Waals surface area contributed by atoms with Crippen molar-refractivity contribution in [3.05, 3.63) is 45.4 Å². The number of hydrogen-bond donors (Lipinski definition) is 0.